The summed E-state index contributed by atoms with van der Waals surface area (Å²) in [6, 6.07) is 5.82. The maximum atomic E-state index is 12.6. The fourth-order valence-electron chi connectivity index (χ4n) is 3.05. The van der Waals surface area contributed by atoms with Gasteiger partial charge in [0.25, 0.3) is 5.91 Å². The maximum Gasteiger partial charge on any atom is 0.268 e. The van der Waals surface area contributed by atoms with E-state index in [0.29, 0.717) is 13.1 Å². The number of carbonyl (C=O) groups excluding carboxylic acids is 1. The fraction of sp³-hybridized carbons (Fsp3) is 0.368. The van der Waals surface area contributed by atoms with E-state index in [4.69, 9.17) is 0 Å². The normalized spacial score (nSPS) is 10.6. The molecular formula is C19H25N3O. The van der Waals surface area contributed by atoms with E-state index in [-0.39, 0.29) is 5.91 Å². The molecule has 0 saturated carbocycles. The Kier molecular flexibility index (Phi) is 5.74. The summed E-state index contributed by atoms with van der Waals surface area (Å²) in [5, 5.41) is 3.02. The molecule has 2 aromatic rings. The lowest BCUT2D eigenvalue weighted by Crippen LogP contribution is -2.28. The third-order valence-corrected chi connectivity index (χ3v) is 4.19. The van der Waals surface area contributed by atoms with Crippen molar-refractivity contribution in [2.24, 2.45) is 0 Å². The summed E-state index contributed by atoms with van der Waals surface area (Å²) in [7, 11) is 0. The van der Waals surface area contributed by atoms with Crippen LogP contribution in [0.15, 0.2) is 37.1 Å². The van der Waals surface area contributed by atoms with E-state index in [0.717, 1.165) is 35.5 Å². The highest BCUT2D eigenvalue weighted by Crippen LogP contribution is 2.23. The number of nitrogens with one attached hydrogen (secondary N) is 1. The number of allylic oxidation sites excluding steroid dienone is 1. The first-order chi connectivity index (χ1) is 11.1. The summed E-state index contributed by atoms with van der Waals surface area (Å²) < 4.78 is 2.05. The van der Waals surface area contributed by atoms with Crippen LogP contribution in [0.5, 0.6) is 0 Å². The monoisotopic (exact) mass is 311 g/mol. The van der Waals surface area contributed by atoms with Crippen LogP contribution in [-0.4, -0.2) is 22.0 Å². The van der Waals surface area contributed by atoms with Crippen molar-refractivity contribution in [1.29, 1.82) is 0 Å². The van der Waals surface area contributed by atoms with Gasteiger partial charge in [-0.15, -0.1) is 6.58 Å². The van der Waals surface area contributed by atoms with Gasteiger partial charge in [-0.25, -0.2) is 0 Å². The largest absolute Gasteiger partial charge is 0.350 e. The highest BCUT2D eigenvalue weighted by molar-refractivity contribution is 5.95. The van der Waals surface area contributed by atoms with E-state index in [1.165, 1.54) is 5.56 Å². The van der Waals surface area contributed by atoms with Crippen LogP contribution in [0, 0.1) is 13.8 Å². The molecule has 0 bridgehead atoms. The fourth-order valence-corrected chi connectivity index (χ4v) is 3.05. The van der Waals surface area contributed by atoms with Crippen molar-refractivity contribution >= 4 is 5.91 Å². The van der Waals surface area contributed by atoms with E-state index in [2.05, 4.69) is 35.3 Å². The van der Waals surface area contributed by atoms with E-state index < -0.39 is 0 Å². The molecule has 1 amide bonds. The zero-order valence-corrected chi connectivity index (χ0v) is 14.2. The Morgan fingerprint density at radius 3 is 2.78 bits per heavy atom. The minimum atomic E-state index is -0.0249. The van der Waals surface area contributed by atoms with Gasteiger partial charge in [0.1, 0.15) is 5.69 Å². The lowest BCUT2D eigenvalue weighted by atomic mass is 10.1. The lowest BCUT2D eigenvalue weighted by Gasteiger charge is -2.10. The average molecular weight is 311 g/mol. The number of hydrogen-bond acceptors (Lipinski definition) is 2. The van der Waals surface area contributed by atoms with Crippen LogP contribution in [0.4, 0.5) is 0 Å². The Morgan fingerprint density at radius 2 is 2.17 bits per heavy atom. The molecule has 0 aliphatic carbocycles. The second-order valence-corrected chi connectivity index (χ2v) is 5.62. The third-order valence-electron chi connectivity index (χ3n) is 4.19. The molecule has 4 heteroatoms. The van der Waals surface area contributed by atoms with Crippen LogP contribution >= 0.6 is 0 Å². The van der Waals surface area contributed by atoms with Gasteiger partial charge in [0, 0.05) is 37.1 Å². The number of nitrogens with zero attached hydrogens (tertiary/aromatic N) is 2. The first kappa shape index (κ1) is 17.0. The van der Waals surface area contributed by atoms with Crippen LogP contribution in [0.25, 0.3) is 0 Å². The van der Waals surface area contributed by atoms with Crippen molar-refractivity contribution in [3.05, 3.63) is 65.3 Å². The predicted octanol–water partition coefficient (Wildman–Crippen LogP) is 3.22. The van der Waals surface area contributed by atoms with Crippen molar-refractivity contribution < 1.29 is 4.79 Å². The van der Waals surface area contributed by atoms with Crippen molar-refractivity contribution in [3.63, 3.8) is 0 Å². The molecule has 0 atom stereocenters. The van der Waals surface area contributed by atoms with Gasteiger partial charge in [-0.3, -0.25) is 9.78 Å². The van der Waals surface area contributed by atoms with E-state index in [9.17, 15) is 4.79 Å². The summed E-state index contributed by atoms with van der Waals surface area (Å²) in [5.41, 5.74) is 5.21. The van der Waals surface area contributed by atoms with Crippen LogP contribution in [0.1, 0.15) is 39.9 Å². The maximum absolute atomic E-state index is 12.6. The van der Waals surface area contributed by atoms with Crippen molar-refractivity contribution in [2.75, 3.05) is 6.54 Å². The molecular weight excluding hydrogens is 286 g/mol. The van der Waals surface area contributed by atoms with Crippen LogP contribution < -0.4 is 5.32 Å². The molecule has 2 aromatic heterocycles. The molecule has 4 nitrogen and oxygen atoms in total. The average Bonchev–Trinajstić information content (AvgIpc) is 2.79. The summed E-state index contributed by atoms with van der Waals surface area (Å²) in [5.74, 6) is -0.0249. The molecule has 0 radical (unpaired) electrons. The predicted molar refractivity (Wildman–Crippen MR) is 93.8 cm³/mol. The quantitative estimate of drug-likeness (QED) is 0.798. The molecule has 2 rings (SSSR count). The van der Waals surface area contributed by atoms with Gasteiger partial charge in [-0.05, 0) is 43.5 Å². The SMILES string of the molecule is C=CCn1c(C)c(CC)c(C)c1C(=O)NCCc1ccccn1. The molecule has 0 aliphatic rings. The number of amides is 1. The molecule has 0 aromatic carbocycles. The zero-order valence-electron chi connectivity index (χ0n) is 14.2. The Hall–Kier alpha value is -2.36. The Labute approximate surface area is 138 Å². The second-order valence-electron chi connectivity index (χ2n) is 5.62. The highest BCUT2D eigenvalue weighted by Gasteiger charge is 2.20. The first-order valence-electron chi connectivity index (χ1n) is 8.07. The standard InChI is InChI=1S/C19H25N3O/c1-5-13-22-15(4)17(6-2)14(3)18(22)19(23)21-12-10-16-9-7-8-11-20-16/h5,7-9,11H,1,6,10,12-13H2,2-4H3,(H,21,23). The van der Waals surface area contributed by atoms with E-state index >= 15 is 0 Å². The summed E-state index contributed by atoms with van der Waals surface area (Å²) in [4.78, 5) is 16.9. The van der Waals surface area contributed by atoms with Crippen molar-refractivity contribution in [1.82, 2.24) is 14.9 Å². The van der Waals surface area contributed by atoms with Crippen LogP contribution in [0.3, 0.4) is 0 Å². The summed E-state index contributed by atoms with van der Waals surface area (Å²) in [6.45, 7) is 11.2. The molecule has 1 N–H and O–H groups in total. The second kappa shape index (κ2) is 7.77. The smallest absolute Gasteiger partial charge is 0.268 e. The van der Waals surface area contributed by atoms with Gasteiger partial charge < -0.3 is 9.88 Å². The number of hydrogen-bond donors (Lipinski definition) is 1. The number of pyridine rings is 1. The first-order valence-corrected chi connectivity index (χ1v) is 8.07. The Bertz CT molecular complexity index is 686. The third kappa shape index (κ3) is 3.70. The van der Waals surface area contributed by atoms with Crippen LogP contribution in [0.2, 0.25) is 0 Å². The molecule has 122 valence electrons. The number of aromatic nitrogens is 2. The lowest BCUT2D eigenvalue weighted by molar-refractivity contribution is 0.0944. The molecule has 0 spiro atoms. The minimum absolute atomic E-state index is 0.0249. The zero-order chi connectivity index (χ0) is 16.8. The molecule has 0 aliphatic heterocycles. The van der Waals surface area contributed by atoms with E-state index in [1.807, 2.05) is 31.2 Å². The molecule has 2 heterocycles. The number of carbonyl (C=O) groups is 1. The van der Waals surface area contributed by atoms with Crippen molar-refractivity contribution in [3.8, 4) is 0 Å². The minimum Gasteiger partial charge on any atom is -0.350 e. The number of rotatable bonds is 7. The Balaban J connectivity index is 2.13. The molecule has 0 fully saturated rings. The van der Waals surface area contributed by atoms with Gasteiger partial charge in [-0.1, -0.05) is 19.1 Å². The van der Waals surface area contributed by atoms with Gasteiger partial charge in [-0.2, -0.15) is 0 Å². The van der Waals surface area contributed by atoms with E-state index in [1.54, 1.807) is 6.20 Å². The highest BCUT2D eigenvalue weighted by atomic mass is 16.1. The Morgan fingerprint density at radius 1 is 1.39 bits per heavy atom. The molecule has 0 unspecified atom stereocenters. The summed E-state index contributed by atoms with van der Waals surface area (Å²) >= 11 is 0. The van der Waals surface area contributed by atoms with Crippen molar-refractivity contribution in [2.45, 2.75) is 40.2 Å². The van der Waals surface area contributed by atoms with Gasteiger partial charge in [0.2, 0.25) is 0 Å². The molecule has 0 saturated heterocycles. The van der Waals surface area contributed by atoms with Gasteiger partial charge in [0.05, 0.1) is 0 Å². The summed E-state index contributed by atoms with van der Waals surface area (Å²) in [6.07, 6.45) is 5.26. The van der Waals surface area contributed by atoms with Gasteiger partial charge >= 0.3 is 0 Å². The molecule has 23 heavy (non-hydrogen) atoms. The van der Waals surface area contributed by atoms with Crippen LogP contribution in [-0.2, 0) is 19.4 Å². The topological polar surface area (TPSA) is 46.9 Å². The van der Waals surface area contributed by atoms with Gasteiger partial charge in [0.15, 0.2) is 0 Å².